The van der Waals surface area contributed by atoms with E-state index in [0.29, 0.717) is 12.3 Å². The van der Waals surface area contributed by atoms with Crippen LogP contribution in [0.5, 0.6) is 0 Å². The van der Waals surface area contributed by atoms with Crippen molar-refractivity contribution in [3.8, 4) is 0 Å². The summed E-state index contributed by atoms with van der Waals surface area (Å²) in [6, 6.07) is 1.51. The highest BCUT2D eigenvalue weighted by Gasteiger charge is 2.15. The van der Waals surface area contributed by atoms with Crippen LogP contribution in [-0.4, -0.2) is 13.1 Å². The van der Waals surface area contributed by atoms with Crippen molar-refractivity contribution in [1.82, 2.24) is 5.32 Å². The molecule has 1 aliphatic rings. The molecule has 1 fully saturated rings. The van der Waals surface area contributed by atoms with E-state index in [1.807, 2.05) is 0 Å². The Morgan fingerprint density at radius 2 is 1.67 bits per heavy atom. The van der Waals surface area contributed by atoms with Crippen molar-refractivity contribution in [3.05, 3.63) is 35.1 Å². The van der Waals surface area contributed by atoms with E-state index >= 15 is 0 Å². The van der Waals surface area contributed by atoms with Gasteiger partial charge in [0.2, 0.25) is 0 Å². The molecular formula is C14H18F3N. The summed E-state index contributed by atoms with van der Waals surface area (Å²) in [5.74, 6) is -1.74. The summed E-state index contributed by atoms with van der Waals surface area (Å²) in [7, 11) is 0. The molecule has 1 aromatic carbocycles. The Labute approximate surface area is 105 Å². The van der Waals surface area contributed by atoms with Gasteiger partial charge in [0.05, 0.1) is 0 Å². The zero-order chi connectivity index (χ0) is 13.0. The van der Waals surface area contributed by atoms with Gasteiger partial charge in [0.25, 0.3) is 0 Å². The van der Waals surface area contributed by atoms with Crippen LogP contribution in [-0.2, 0) is 6.42 Å². The van der Waals surface area contributed by atoms with E-state index in [2.05, 4.69) is 5.32 Å². The van der Waals surface area contributed by atoms with Gasteiger partial charge in [-0.1, -0.05) is 6.42 Å². The Bertz CT molecular complexity index is 377. The monoisotopic (exact) mass is 257 g/mol. The first-order valence-corrected chi connectivity index (χ1v) is 6.51. The number of rotatable bonds is 4. The van der Waals surface area contributed by atoms with Gasteiger partial charge in [0.1, 0.15) is 17.5 Å². The minimum absolute atomic E-state index is 0.0188. The topological polar surface area (TPSA) is 12.0 Å². The second kappa shape index (κ2) is 6.23. The van der Waals surface area contributed by atoms with E-state index in [1.54, 1.807) is 0 Å². The van der Waals surface area contributed by atoms with E-state index in [-0.39, 0.29) is 5.56 Å². The van der Waals surface area contributed by atoms with Gasteiger partial charge in [0, 0.05) is 17.7 Å². The lowest BCUT2D eigenvalue weighted by atomic mass is 9.91. The molecule has 0 bridgehead atoms. The van der Waals surface area contributed by atoms with E-state index in [0.717, 1.165) is 50.9 Å². The molecule has 18 heavy (non-hydrogen) atoms. The lowest BCUT2D eigenvalue weighted by Crippen LogP contribution is -2.27. The summed E-state index contributed by atoms with van der Waals surface area (Å²) in [5, 5.41) is 3.29. The second-order valence-electron chi connectivity index (χ2n) is 4.93. The maximum absolute atomic E-state index is 13.4. The fraction of sp³-hybridized carbons (Fsp3) is 0.571. The standard InChI is InChI=1S/C14H18F3N/c15-11-8-13(16)12(14(17)9-11)3-1-2-10-4-6-18-7-5-10/h8-10,18H,1-7H2. The number of hydrogen-bond acceptors (Lipinski definition) is 1. The average molecular weight is 257 g/mol. The quantitative estimate of drug-likeness (QED) is 0.871. The molecule has 0 aromatic heterocycles. The molecule has 1 N–H and O–H groups in total. The van der Waals surface area contributed by atoms with Crippen LogP contribution in [0.1, 0.15) is 31.2 Å². The van der Waals surface area contributed by atoms with Gasteiger partial charge in [-0.15, -0.1) is 0 Å². The maximum Gasteiger partial charge on any atom is 0.132 e. The third-order valence-electron chi connectivity index (χ3n) is 3.60. The van der Waals surface area contributed by atoms with Crippen LogP contribution in [0.15, 0.2) is 12.1 Å². The van der Waals surface area contributed by atoms with Gasteiger partial charge >= 0.3 is 0 Å². The zero-order valence-electron chi connectivity index (χ0n) is 10.3. The molecule has 0 spiro atoms. The van der Waals surface area contributed by atoms with Crippen molar-refractivity contribution < 1.29 is 13.2 Å². The van der Waals surface area contributed by atoms with Gasteiger partial charge in [-0.3, -0.25) is 0 Å². The Morgan fingerprint density at radius 1 is 1.06 bits per heavy atom. The fourth-order valence-corrected chi connectivity index (χ4v) is 2.55. The normalized spacial score (nSPS) is 17.1. The smallest absolute Gasteiger partial charge is 0.132 e. The van der Waals surface area contributed by atoms with Crippen LogP contribution in [0.25, 0.3) is 0 Å². The van der Waals surface area contributed by atoms with Crippen molar-refractivity contribution >= 4 is 0 Å². The van der Waals surface area contributed by atoms with Crippen LogP contribution in [0, 0.1) is 23.4 Å². The number of benzene rings is 1. The summed E-state index contributed by atoms with van der Waals surface area (Å²) in [4.78, 5) is 0. The summed E-state index contributed by atoms with van der Waals surface area (Å²) >= 11 is 0. The minimum atomic E-state index is -0.855. The summed E-state index contributed by atoms with van der Waals surface area (Å²) in [6.07, 6.45) is 4.35. The Kier molecular flexibility index (Phi) is 4.64. The zero-order valence-corrected chi connectivity index (χ0v) is 10.3. The highest BCUT2D eigenvalue weighted by molar-refractivity contribution is 5.20. The van der Waals surface area contributed by atoms with Crippen LogP contribution in [0.4, 0.5) is 13.2 Å². The second-order valence-corrected chi connectivity index (χ2v) is 4.93. The molecular weight excluding hydrogens is 239 g/mol. The van der Waals surface area contributed by atoms with Crippen molar-refractivity contribution in [2.45, 2.75) is 32.1 Å². The minimum Gasteiger partial charge on any atom is -0.317 e. The Hall–Kier alpha value is -1.03. The molecule has 100 valence electrons. The molecule has 2 rings (SSSR count). The molecule has 0 radical (unpaired) electrons. The molecule has 0 aliphatic carbocycles. The van der Waals surface area contributed by atoms with Crippen LogP contribution in [0.3, 0.4) is 0 Å². The van der Waals surface area contributed by atoms with Crippen LogP contribution < -0.4 is 5.32 Å². The van der Waals surface area contributed by atoms with E-state index in [1.165, 1.54) is 0 Å². The fourth-order valence-electron chi connectivity index (χ4n) is 2.55. The van der Waals surface area contributed by atoms with Crippen molar-refractivity contribution in [1.29, 1.82) is 0 Å². The highest BCUT2D eigenvalue weighted by Crippen LogP contribution is 2.21. The lowest BCUT2D eigenvalue weighted by Gasteiger charge is -2.22. The van der Waals surface area contributed by atoms with Gasteiger partial charge in [-0.25, -0.2) is 13.2 Å². The van der Waals surface area contributed by atoms with Gasteiger partial charge in [0.15, 0.2) is 0 Å². The molecule has 1 aliphatic heterocycles. The van der Waals surface area contributed by atoms with Crippen molar-refractivity contribution in [2.75, 3.05) is 13.1 Å². The van der Waals surface area contributed by atoms with E-state index in [9.17, 15) is 13.2 Å². The van der Waals surface area contributed by atoms with E-state index in [4.69, 9.17) is 0 Å². The van der Waals surface area contributed by atoms with Crippen molar-refractivity contribution in [3.63, 3.8) is 0 Å². The van der Waals surface area contributed by atoms with Gasteiger partial charge < -0.3 is 5.32 Å². The third kappa shape index (κ3) is 3.48. The first-order chi connectivity index (χ1) is 8.66. The number of halogens is 3. The number of piperidine rings is 1. The molecule has 1 heterocycles. The number of nitrogens with one attached hydrogen (secondary N) is 1. The molecule has 1 aromatic rings. The van der Waals surface area contributed by atoms with Gasteiger partial charge in [-0.2, -0.15) is 0 Å². The molecule has 1 nitrogen and oxygen atoms in total. The van der Waals surface area contributed by atoms with Crippen LogP contribution >= 0.6 is 0 Å². The summed E-state index contributed by atoms with van der Waals surface area (Å²) < 4.78 is 39.5. The maximum atomic E-state index is 13.4. The highest BCUT2D eigenvalue weighted by atomic mass is 19.1. The predicted molar refractivity (Wildman–Crippen MR) is 64.8 cm³/mol. The van der Waals surface area contributed by atoms with Crippen LogP contribution in [0.2, 0.25) is 0 Å². The average Bonchev–Trinajstić information content (AvgIpc) is 2.34. The summed E-state index contributed by atoms with van der Waals surface area (Å²) in [6.45, 7) is 2.06. The lowest BCUT2D eigenvalue weighted by molar-refractivity contribution is 0.345. The first kappa shape index (κ1) is 13.4. The SMILES string of the molecule is Fc1cc(F)c(CCCC2CCNCC2)c(F)c1. The Balaban J connectivity index is 1.86. The summed E-state index contributed by atoms with van der Waals surface area (Å²) in [5.41, 5.74) is 0.0188. The van der Waals surface area contributed by atoms with E-state index < -0.39 is 17.5 Å². The molecule has 1 saturated heterocycles. The third-order valence-corrected chi connectivity index (χ3v) is 3.60. The predicted octanol–water partition coefficient (Wildman–Crippen LogP) is 3.43. The molecule has 0 atom stereocenters. The molecule has 0 amide bonds. The molecule has 0 saturated carbocycles. The van der Waals surface area contributed by atoms with Gasteiger partial charge in [-0.05, 0) is 44.7 Å². The molecule has 0 unspecified atom stereocenters. The largest absolute Gasteiger partial charge is 0.317 e. The molecule has 4 heteroatoms. The van der Waals surface area contributed by atoms with Crippen molar-refractivity contribution in [2.24, 2.45) is 5.92 Å². The number of hydrogen-bond donors (Lipinski definition) is 1. The first-order valence-electron chi connectivity index (χ1n) is 6.51. The Morgan fingerprint density at radius 3 is 2.28 bits per heavy atom.